The molecule has 26 heavy (non-hydrogen) atoms. The smallest absolute Gasteiger partial charge is 0.0967 e. The summed E-state index contributed by atoms with van der Waals surface area (Å²) < 4.78 is 1.86. The second kappa shape index (κ2) is 7.37. The Hall–Kier alpha value is -3.18. The first-order valence-electron chi connectivity index (χ1n) is 8.68. The number of aromatic amines is 1. The first-order valence-corrected chi connectivity index (χ1v) is 8.68. The van der Waals surface area contributed by atoms with Crippen molar-refractivity contribution in [2.75, 3.05) is 0 Å². The summed E-state index contributed by atoms with van der Waals surface area (Å²) in [6.07, 6.45) is 2.07. The van der Waals surface area contributed by atoms with Crippen LogP contribution in [0, 0.1) is 0 Å². The van der Waals surface area contributed by atoms with Gasteiger partial charge in [0.15, 0.2) is 0 Å². The molecule has 0 unspecified atom stereocenters. The normalized spacial score (nSPS) is 11.0. The van der Waals surface area contributed by atoms with Gasteiger partial charge >= 0.3 is 0 Å². The number of hydrogen-bond acceptors (Lipinski definition) is 3. The summed E-state index contributed by atoms with van der Waals surface area (Å²) in [6, 6.07) is 22.6. The Morgan fingerprint density at radius 2 is 1.62 bits per heavy atom. The van der Waals surface area contributed by atoms with E-state index >= 15 is 0 Å². The van der Waals surface area contributed by atoms with Crippen LogP contribution in [0.2, 0.25) is 0 Å². The van der Waals surface area contributed by atoms with E-state index in [1.54, 1.807) is 0 Å². The Bertz CT molecular complexity index is 970. The van der Waals surface area contributed by atoms with Gasteiger partial charge in [-0.3, -0.25) is 9.78 Å². The number of nitrogens with one attached hydrogen (secondary N) is 2. The molecule has 0 radical (unpaired) electrons. The topological polar surface area (TPSA) is 58.5 Å². The summed E-state index contributed by atoms with van der Waals surface area (Å²) in [5.41, 5.74) is 6.49. The van der Waals surface area contributed by atoms with Crippen molar-refractivity contribution in [3.05, 3.63) is 84.2 Å². The number of benzene rings is 2. The number of H-pyrrole nitrogens is 1. The molecular formula is C21H21N5. The lowest BCUT2D eigenvalue weighted by molar-refractivity contribution is 0.677. The summed E-state index contributed by atoms with van der Waals surface area (Å²) in [6.45, 7) is 1.47. The van der Waals surface area contributed by atoms with Crippen LogP contribution in [0.4, 0.5) is 0 Å². The SMILES string of the molecule is Cn1cc(CNCc2cc(-c3ccccc3)n[nH]2)c(-c2ccccc2)n1. The number of rotatable bonds is 6. The Morgan fingerprint density at radius 3 is 2.35 bits per heavy atom. The van der Waals surface area contributed by atoms with Crippen molar-refractivity contribution in [2.24, 2.45) is 7.05 Å². The van der Waals surface area contributed by atoms with Gasteiger partial charge in [-0.05, 0) is 6.07 Å². The molecule has 0 saturated heterocycles. The largest absolute Gasteiger partial charge is 0.307 e. The van der Waals surface area contributed by atoms with E-state index in [9.17, 15) is 0 Å². The van der Waals surface area contributed by atoms with E-state index in [1.807, 2.05) is 48.1 Å². The van der Waals surface area contributed by atoms with Crippen LogP contribution in [0.5, 0.6) is 0 Å². The maximum atomic E-state index is 4.61. The van der Waals surface area contributed by atoms with Gasteiger partial charge in [0.2, 0.25) is 0 Å². The molecule has 0 spiro atoms. The highest BCUT2D eigenvalue weighted by Gasteiger charge is 2.10. The van der Waals surface area contributed by atoms with Gasteiger partial charge in [0, 0.05) is 48.7 Å². The Balaban J connectivity index is 1.42. The molecule has 0 aliphatic carbocycles. The summed E-state index contributed by atoms with van der Waals surface area (Å²) in [4.78, 5) is 0. The molecule has 2 N–H and O–H groups in total. The van der Waals surface area contributed by atoms with Crippen LogP contribution in [-0.2, 0) is 20.1 Å². The first-order chi connectivity index (χ1) is 12.8. The van der Waals surface area contributed by atoms with Crippen LogP contribution >= 0.6 is 0 Å². The van der Waals surface area contributed by atoms with Gasteiger partial charge in [0.1, 0.15) is 0 Å². The maximum Gasteiger partial charge on any atom is 0.0967 e. The molecule has 5 heteroatoms. The van der Waals surface area contributed by atoms with E-state index in [4.69, 9.17) is 0 Å². The van der Waals surface area contributed by atoms with Crippen LogP contribution in [0.25, 0.3) is 22.5 Å². The molecule has 0 fully saturated rings. The molecule has 0 bridgehead atoms. The summed E-state index contributed by atoms with van der Waals surface area (Å²) in [5, 5.41) is 15.6. The van der Waals surface area contributed by atoms with Crippen LogP contribution in [-0.4, -0.2) is 20.0 Å². The molecule has 0 aliphatic rings. The van der Waals surface area contributed by atoms with E-state index in [0.717, 1.165) is 41.3 Å². The maximum absolute atomic E-state index is 4.61. The third-order valence-corrected chi connectivity index (χ3v) is 4.28. The van der Waals surface area contributed by atoms with Gasteiger partial charge in [-0.1, -0.05) is 60.7 Å². The van der Waals surface area contributed by atoms with Crippen molar-refractivity contribution >= 4 is 0 Å². The first kappa shape index (κ1) is 16.3. The molecule has 0 saturated carbocycles. The van der Waals surface area contributed by atoms with Crippen molar-refractivity contribution in [1.82, 2.24) is 25.3 Å². The standard InChI is InChI=1S/C21H21N5/c1-26-15-18(21(25-26)17-10-6-3-7-11-17)13-22-14-19-12-20(24-23-19)16-8-4-2-5-9-16/h2-12,15,22H,13-14H2,1H3,(H,23,24). The van der Waals surface area contributed by atoms with Crippen molar-refractivity contribution in [2.45, 2.75) is 13.1 Å². The highest BCUT2D eigenvalue weighted by molar-refractivity contribution is 5.62. The number of aromatic nitrogens is 4. The van der Waals surface area contributed by atoms with Crippen molar-refractivity contribution in [1.29, 1.82) is 0 Å². The minimum atomic E-state index is 0.725. The zero-order valence-corrected chi connectivity index (χ0v) is 14.7. The molecular weight excluding hydrogens is 322 g/mol. The molecule has 130 valence electrons. The lowest BCUT2D eigenvalue weighted by Crippen LogP contribution is -2.13. The number of nitrogens with zero attached hydrogens (tertiary/aromatic N) is 3. The fraction of sp³-hybridized carbons (Fsp3) is 0.143. The van der Waals surface area contributed by atoms with Gasteiger partial charge in [0.05, 0.1) is 11.4 Å². The lowest BCUT2D eigenvalue weighted by Gasteiger charge is -2.04. The summed E-state index contributed by atoms with van der Waals surface area (Å²) >= 11 is 0. The Kier molecular flexibility index (Phi) is 4.62. The molecule has 2 aromatic carbocycles. The second-order valence-electron chi connectivity index (χ2n) is 6.29. The molecule has 4 rings (SSSR count). The van der Waals surface area contributed by atoms with Crippen molar-refractivity contribution in [3.63, 3.8) is 0 Å². The Morgan fingerprint density at radius 1 is 0.923 bits per heavy atom. The molecule has 0 aliphatic heterocycles. The third kappa shape index (κ3) is 3.58. The number of hydrogen-bond donors (Lipinski definition) is 2. The fourth-order valence-electron chi connectivity index (χ4n) is 3.05. The highest BCUT2D eigenvalue weighted by Crippen LogP contribution is 2.21. The van der Waals surface area contributed by atoms with E-state index < -0.39 is 0 Å². The zero-order chi connectivity index (χ0) is 17.8. The highest BCUT2D eigenvalue weighted by atomic mass is 15.3. The fourth-order valence-corrected chi connectivity index (χ4v) is 3.05. The van der Waals surface area contributed by atoms with Crippen LogP contribution in [0.3, 0.4) is 0 Å². The monoisotopic (exact) mass is 343 g/mol. The van der Waals surface area contributed by atoms with E-state index in [2.05, 4.69) is 57.1 Å². The van der Waals surface area contributed by atoms with E-state index in [1.165, 1.54) is 5.56 Å². The minimum Gasteiger partial charge on any atom is -0.307 e. The average Bonchev–Trinajstić information content (AvgIpc) is 3.30. The van der Waals surface area contributed by atoms with Crippen LogP contribution in [0.15, 0.2) is 72.9 Å². The molecule has 2 aromatic heterocycles. The van der Waals surface area contributed by atoms with Gasteiger partial charge in [-0.2, -0.15) is 10.2 Å². The molecule has 4 aromatic rings. The number of aryl methyl sites for hydroxylation is 1. The van der Waals surface area contributed by atoms with Crippen LogP contribution < -0.4 is 5.32 Å². The second-order valence-corrected chi connectivity index (χ2v) is 6.29. The Labute approximate surface area is 152 Å². The van der Waals surface area contributed by atoms with Gasteiger partial charge in [0.25, 0.3) is 0 Å². The van der Waals surface area contributed by atoms with E-state index in [0.29, 0.717) is 0 Å². The van der Waals surface area contributed by atoms with Gasteiger partial charge in [-0.25, -0.2) is 0 Å². The van der Waals surface area contributed by atoms with E-state index in [-0.39, 0.29) is 0 Å². The van der Waals surface area contributed by atoms with Crippen molar-refractivity contribution < 1.29 is 0 Å². The third-order valence-electron chi connectivity index (χ3n) is 4.28. The lowest BCUT2D eigenvalue weighted by atomic mass is 10.1. The molecule has 2 heterocycles. The predicted molar refractivity (Wildman–Crippen MR) is 103 cm³/mol. The summed E-state index contributed by atoms with van der Waals surface area (Å²) in [5.74, 6) is 0. The molecule has 0 amide bonds. The molecule has 5 nitrogen and oxygen atoms in total. The predicted octanol–water partition coefficient (Wildman–Crippen LogP) is 3.77. The average molecular weight is 343 g/mol. The minimum absolute atomic E-state index is 0.725. The van der Waals surface area contributed by atoms with Crippen LogP contribution in [0.1, 0.15) is 11.3 Å². The quantitative estimate of drug-likeness (QED) is 0.560. The van der Waals surface area contributed by atoms with Gasteiger partial charge in [-0.15, -0.1) is 0 Å². The van der Waals surface area contributed by atoms with Gasteiger partial charge < -0.3 is 5.32 Å². The zero-order valence-electron chi connectivity index (χ0n) is 14.7. The molecule has 0 atom stereocenters. The van der Waals surface area contributed by atoms with Crippen molar-refractivity contribution in [3.8, 4) is 22.5 Å². The summed E-state index contributed by atoms with van der Waals surface area (Å²) in [7, 11) is 1.96.